The van der Waals surface area contributed by atoms with Crippen LogP contribution in [0.2, 0.25) is 0 Å². The minimum absolute atomic E-state index is 0.0248. The molecular formula is C48H56N6O9S. The lowest BCUT2D eigenvalue weighted by Gasteiger charge is -2.34. The third kappa shape index (κ3) is 10.1. The van der Waals surface area contributed by atoms with Crippen molar-refractivity contribution in [2.24, 2.45) is 5.92 Å². The van der Waals surface area contributed by atoms with Crippen molar-refractivity contribution in [2.75, 3.05) is 13.7 Å². The Hall–Kier alpha value is -6.29. The zero-order valence-electron chi connectivity index (χ0n) is 37.1. The first-order valence-corrected chi connectivity index (χ1v) is 23.1. The Bertz CT molecular complexity index is 2610. The minimum atomic E-state index is -4.33. The number of rotatable bonds is 13. The Kier molecular flexibility index (Phi) is 13.2. The van der Waals surface area contributed by atoms with Crippen molar-refractivity contribution in [2.45, 2.75) is 114 Å². The van der Waals surface area contributed by atoms with E-state index < -0.39 is 69.1 Å². The number of hydrogen-bond acceptors (Lipinski definition) is 11. The molecule has 0 bridgehead atoms. The van der Waals surface area contributed by atoms with Gasteiger partial charge in [-0.3, -0.25) is 19.4 Å². The maximum absolute atomic E-state index is 14.8. The van der Waals surface area contributed by atoms with Crippen LogP contribution in [0.1, 0.15) is 78.0 Å². The highest BCUT2D eigenvalue weighted by Crippen LogP contribution is 2.36. The highest BCUT2D eigenvalue weighted by molar-refractivity contribution is 7.90. The van der Waals surface area contributed by atoms with Gasteiger partial charge in [0.05, 0.1) is 35.5 Å². The van der Waals surface area contributed by atoms with Gasteiger partial charge in [-0.2, -0.15) is 0 Å². The summed E-state index contributed by atoms with van der Waals surface area (Å²) in [6, 6.07) is 16.4. The van der Waals surface area contributed by atoms with Gasteiger partial charge < -0.3 is 29.7 Å². The van der Waals surface area contributed by atoms with E-state index in [4.69, 9.17) is 24.2 Å². The minimum Gasteiger partial charge on any atom is -0.497 e. The Balaban J connectivity index is 1.24. The van der Waals surface area contributed by atoms with Crippen LogP contribution in [-0.2, 0) is 42.0 Å². The van der Waals surface area contributed by atoms with Crippen LogP contribution >= 0.6 is 0 Å². The van der Waals surface area contributed by atoms with E-state index in [9.17, 15) is 27.6 Å². The fourth-order valence-corrected chi connectivity index (χ4v) is 9.49. The number of carbonyl (C=O) groups is 4. The number of carbonyl (C=O) groups excluding carboxylic acids is 4. The highest BCUT2D eigenvalue weighted by Gasteiger charge is 2.49. The second-order valence-electron chi connectivity index (χ2n) is 17.9. The van der Waals surface area contributed by atoms with Gasteiger partial charge in [0, 0.05) is 36.1 Å². The number of aromatic nitrogens is 2. The number of amides is 4. The number of sulfonamides is 1. The van der Waals surface area contributed by atoms with Gasteiger partial charge >= 0.3 is 6.09 Å². The Morgan fingerprint density at radius 3 is 2.41 bits per heavy atom. The molecule has 1 unspecified atom stereocenters. The molecule has 16 heteroatoms. The zero-order valence-corrected chi connectivity index (χ0v) is 37.9. The summed E-state index contributed by atoms with van der Waals surface area (Å²) in [4.78, 5) is 68.0. The van der Waals surface area contributed by atoms with Crippen molar-refractivity contribution in [1.82, 2.24) is 30.2 Å². The van der Waals surface area contributed by atoms with E-state index in [1.54, 1.807) is 78.1 Å². The van der Waals surface area contributed by atoms with E-state index in [0.29, 0.717) is 39.4 Å². The summed E-state index contributed by atoms with van der Waals surface area (Å²) in [7, 11) is -2.76. The van der Waals surface area contributed by atoms with Gasteiger partial charge in [-0.1, -0.05) is 56.8 Å². The van der Waals surface area contributed by atoms with Crippen LogP contribution in [-0.4, -0.2) is 90.1 Å². The first kappa shape index (κ1) is 45.7. The van der Waals surface area contributed by atoms with Crippen LogP contribution in [0.25, 0.3) is 22.3 Å². The smallest absolute Gasteiger partial charge is 0.408 e. The van der Waals surface area contributed by atoms with Gasteiger partial charge in [-0.05, 0) is 100 Å². The molecule has 0 radical (unpaired) electrons. The summed E-state index contributed by atoms with van der Waals surface area (Å²) in [5.74, 6) is -1.65. The van der Waals surface area contributed by atoms with Crippen molar-refractivity contribution >= 4 is 44.7 Å². The summed E-state index contributed by atoms with van der Waals surface area (Å²) in [5.41, 5.74) is 2.11. The number of nitrogens with one attached hydrogen (secondary N) is 3. The molecular weight excluding hydrogens is 837 g/mol. The molecule has 2 aromatic carbocycles. The molecule has 4 atom stereocenters. The summed E-state index contributed by atoms with van der Waals surface area (Å²) in [5, 5.41) is 6.23. The number of benzene rings is 2. The molecule has 3 aliphatic rings. The first-order chi connectivity index (χ1) is 30.4. The van der Waals surface area contributed by atoms with Crippen LogP contribution in [0, 0.1) is 5.92 Å². The number of methoxy groups -OCH3 is 1. The van der Waals surface area contributed by atoms with Crippen molar-refractivity contribution in [1.29, 1.82) is 0 Å². The fraction of sp³-hybridized carbons (Fsp3) is 0.417. The van der Waals surface area contributed by atoms with Gasteiger partial charge in [0.15, 0.2) is 0 Å². The Morgan fingerprint density at radius 2 is 1.72 bits per heavy atom. The van der Waals surface area contributed by atoms with Crippen LogP contribution in [0.3, 0.4) is 0 Å². The van der Waals surface area contributed by atoms with E-state index in [1.165, 1.54) is 34.7 Å². The molecule has 1 aliphatic heterocycles. The fourth-order valence-electron chi connectivity index (χ4n) is 8.41. The number of hydrogen-bond donors (Lipinski definition) is 3. The van der Waals surface area contributed by atoms with Gasteiger partial charge in [-0.15, -0.1) is 0 Å². The quantitative estimate of drug-likeness (QED) is 0.135. The first-order valence-electron chi connectivity index (χ1n) is 21.6. The van der Waals surface area contributed by atoms with Crippen LogP contribution in [0.15, 0.2) is 95.9 Å². The number of pyridine rings is 2. The largest absolute Gasteiger partial charge is 0.497 e. The number of ether oxygens (including phenoxy) is 3. The summed E-state index contributed by atoms with van der Waals surface area (Å²) in [6.07, 6.45) is 5.57. The molecule has 2 aliphatic carbocycles. The third-order valence-electron chi connectivity index (χ3n) is 11.7. The van der Waals surface area contributed by atoms with Crippen LogP contribution in [0.4, 0.5) is 4.79 Å². The second kappa shape index (κ2) is 18.4. The number of allylic oxidation sites excluding steroid dienone is 1. The number of nitrogens with zero attached hydrogens (tertiary/aromatic N) is 3. The summed E-state index contributed by atoms with van der Waals surface area (Å²) < 4.78 is 46.8. The molecule has 4 amide bonds. The Labute approximate surface area is 374 Å². The standard InChI is InChI=1S/C48H56N6O9S/c1-8-30-22-23-48(27-30,45(57)53-64(59,60)34-15-10-9-11-16-34)52-43(55)40-25-33(28-54(40)44(56)42(29(2)3)51-46(58)63-47(4,5)6)62-41-26-39(50-38-24-32(61-7)19-20-35(38)41)37-21-18-31-14-12-13-17-36(31)49-37/h8-11,15-16,18-22,24,26,29,33,40,42H,1,12-14,17,23,25,27-28H2,2-7H3,(H,51,58)(H,52,55)(H,53,57)/t33-,40+,42+,48?/m1/s1. The van der Waals surface area contributed by atoms with Crippen molar-refractivity contribution in [3.63, 3.8) is 0 Å². The third-order valence-corrected chi connectivity index (χ3v) is 13.1. The van der Waals surface area contributed by atoms with Crippen molar-refractivity contribution in [3.05, 3.63) is 102 Å². The average molecular weight is 893 g/mol. The van der Waals surface area contributed by atoms with E-state index in [-0.39, 0.29) is 30.7 Å². The molecule has 64 heavy (non-hydrogen) atoms. The van der Waals surface area contributed by atoms with E-state index in [1.807, 2.05) is 12.1 Å². The van der Waals surface area contributed by atoms with Gasteiger partial charge in [-0.25, -0.2) is 22.9 Å². The van der Waals surface area contributed by atoms with Gasteiger partial charge in [0.2, 0.25) is 11.8 Å². The number of aryl methyl sites for hydroxylation is 2. The highest BCUT2D eigenvalue weighted by atomic mass is 32.2. The molecule has 15 nitrogen and oxygen atoms in total. The molecule has 338 valence electrons. The monoisotopic (exact) mass is 892 g/mol. The second-order valence-corrected chi connectivity index (χ2v) is 19.6. The van der Waals surface area contributed by atoms with E-state index in [2.05, 4.69) is 28.0 Å². The average Bonchev–Trinajstić information content (AvgIpc) is 3.89. The molecule has 0 spiro atoms. The number of likely N-dealkylation sites (tertiary alicyclic amines) is 1. The number of alkyl carbamates (subject to hydrolysis) is 1. The van der Waals surface area contributed by atoms with E-state index in [0.717, 1.165) is 31.4 Å². The molecule has 4 aromatic rings. The predicted octanol–water partition coefficient (Wildman–Crippen LogP) is 6.35. The van der Waals surface area contributed by atoms with Crippen LogP contribution in [0.5, 0.6) is 11.5 Å². The summed E-state index contributed by atoms with van der Waals surface area (Å²) >= 11 is 0. The van der Waals surface area contributed by atoms with E-state index >= 15 is 0 Å². The molecule has 1 fully saturated rings. The normalized spacial score (nSPS) is 20.2. The van der Waals surface area contributed by atoms with Gasteiger partial charge in [0.1, 0.15) is 40.8 Å². The predicted molar refractivity (Wildman–Crippen MR) is 241 cm³/mol. The van der Waals surface area contributed by atoms with Crippen molar-refractivity contribution < 1.29 is 41.8 Å². The lowest BCUT2D eigenvalue weighted by atomic mass is 9.93. The van der Waals surface area contributed by atoms with Gasteiger partial charge in [0.25, 0.3) is 15.9 Å². The SMILES string of the molecule is C=CC1=CCC(NC(=O)[C@@H]2C[C@@H](Oc3cc(-c4ccc5c(n4)CCCC5)nc4cc(OC)ccc34)CN2C(=O)[C@@H](NC(=O)OC(C)(C)C)C(C)C)(C(=O)NS(=O)(=O)c2ccccc2)C1. The Morgan fingerprint density at radius 1 is 0.969 bits per heavy atom. The lowest BCUT2D eigenvalue weighted by molar-refractivity contribution is -0.142. The maximum atomic E-state index is 14.8. The van der Waals surface area contributed by atoms with Crippen molar-refractivity contribution in [3.8, 4) is 22.9 Å². The molecule has 2 aromatic heterocycles. The topological polar surface area (TPSA) is 195 Å². The molecule has 7 rings (SSSR count). The maximum Gasteiger partial charge on any atom is 0.408 e. The van der Waals surface area contributed by atoms with Crippen LogP contribution < -0.4 is 24.8 Å². The molecule has 0 saturated carbocycles. The molecule has 1 saturated heterocycles. The molecule has 3 heterocycles. The molecule has 3 N–H and O–H groups in total. The summed E-state index contributed by atoms with van der Waals surface area (Å²) in [6.45, 7) is 12.4. The zero-order chi connectivity index (χ0) is 46.0. The number of fused-ring (bicyclic) bond motifs is 2. The lowest BCUT2D eigenvalue weighted by Crippen LogP contribution is -2.62.